The maximum absolute atomic E-state index is 11.5. The SMILES string of the molecule is Brc1cccnc1.C.C.CC(/C=C/C=C1/C=C(c2cccnc2)CCC1)=C\C#N.CC(/C=C/C=C1/C=C(c2cccnc2)CCC1)=C\C=O.CCOP(C)(=O)C/C(C)=C/C#N.CCOP(C)(=O)CC#N.N#C/C=C1/C=C(c2cccnc2)CCC1.O=C/C=C1/C=C(c2cccnc2)CCC1.O=C1C=C(c2cccnc2)CCC1.O=C1C=CCCC1. The molecule has 21 heteroatoms. The Labute approximate surface area is 722 Å². The molecule has 0 spiro atoms. The summed E-state index contributed by atoms with van der Waals surface area (Å²) in [6.07, 6.45) is 76.6. The smallest absolute Gasteiger partial charge is 0.213 e. The quantitative estimate of drug-likeness (QED) is 0.0254. The minimum absolute atomic E-state index is 0. The monoisotopic (exact) mass is 1710 g/mol. The molecule has 2 atom stereocenters. The van der Waals surface area contributed by atoms with E-state index in [1.54, 1.807) is 113 Å². The molecule has 2 unspecified atom stereocenters. The first-order chi connectivity index (χ1) is 57.2. The average Bonchev–Trinajstić information content (AvgIpc) is 0.891. The van der Waals surface area contributed by atoms with Crippen LogP contribution in [-0.4, -0.2) is 92.9 Å². The second kappa shape index (κ2) is 63.6. The zero-order valence-electron chi connectivity index (χ0n) is 69.0. The predicted octanol–water partition coefficient (Wildman–Crippen LogP) is 25.2. The van der Waals surface area contributed by atoms with Gasteiger partial charge in [-0.2, -0.15) is 21.0 Å². The highest BCUT2D eigenvalue weighted by molar-refractivity contribution is 9.10. The summed E-state index contributed by atoms with van der Waals surface area (Å²) >= 11 is 3.25. The van der Waals surface area contributed by atoms with Crippen molar-refractivity contribution in [2.45, 2.75) is 165 Å². The lowest BCUT2D eigenvalue weighted by atomic mass is 9.91. The first-order valence-electron chi connectivity index (χ1n) is 39.5. The minimum Gasteiger partial charge on any atom is -0.329 e. The van der Waals surface area contributed by atoms with Crippen LogP contribution in [0.15, 0.2) is 300 Å². The van der Waals surface area contributed by atoms with Crippen LogP contribution in [0, 0.1) is 45.3 Å². The van der Waals surface area contributed by atoms with Gasteiger partial charge in [-0.15, -0.1) is 0 Å². The van der Waals surface area contributed by atoms with Gasteiger partial charge in [0, 0.05) is 129 Å². The Morgan fingerprint density at radius 3 is 1.17 bits per heavy atom. The van der Waals surface area contributed by atoms with Gasteiger partial charge in [-0.05, 0) is 309 Å². The van der Waals surface area contributed by atoms with Crippen molar-refractivity contribution in [2.75, 3.05) is 38.9 Å². The summed E-state index contributed by atoms with van der Waals surface area (Å²) < 4.78 is 33.4. The normalized spacial score (nSPS) is 17.1. The van der Waals surface area contributed by atoms with Crippen LogP contribution in [-0.2, 0) is 37.4 Å². The molecular formula is C99H117BrN10O8P2. The summed E-state index contributed by atoms with van der Waals surface area (Å²) in [5.74, 6) is 0.524. The zero-order chi connectivity index (χ0) is 85.7. The van der Waals surface area contributed by atoms with Gasteiger partial charge in [-0.25, -0.2) is 0 Å². The number of pyridine rings is 6. The highest BCUT2D eigenvalue weighted by Gasteiger charge is 2.17. The van der Waals surface area contributed by atoms with Crippen molar-refractivity contribution in [3.05, 3.63) is 328 Å². The zero-order valence-corrected chi connectivity index (χ0v) is 72.3. The maximum Gasteiger partial charge on any atom is 0.213 e. The number of ketones is 2. The standard InChI is InChI=1S/C18H18N2.C18H19NO.C13H12N2.C13H13NO.C11H11NO.C8H14NO2P.C6H8O.C5H4BrN.C5H10NO2P.2CH4/c1-15(10-11-19)5-2-6-16-7-3-8-17(13-16)18-9-4-12-20-14-18;1-15(10-12-20)5-2-6-16-7-3-8-17(13-16)18-9-4-11-19-14-18;14-7-6-11-3-1-4-12(9-11)13-5-2-8-15-10-13;15-8-6-11-3-1-4-12(9-11)13-5-2-7-14-10-13;13-11-5-1-3-9(7-11)10-4-2-6-12-8-10;1-4-11-12(3,10)7-8(2)5-6-9;7-6-4-2-1-3-5-6;6-5-2-1-3-7-4-5;1-3-8-9(2,7)5-4-6;;/h2,4-6,9-10,12-14H,3,7-8H2,1H3;2,4-6,9-14H,3,7-8H2,1H3;2,5-6,8-10H,1,3-4H2;2,5-10H,1,3-4H2;2,4,6-8H,1,3,5H2;5H,4,7H2,1-3H3;2,4H,1,3,5H2;1-4H;3,5H2,1-2H3;2*1H4/b2*5-2+,15-10+,16-6+;2*11-6+;;8-5+;;;;;. The van der Waals surface area contributed by atoms with E-state index < -0.39 is 14.7 Å². The molecule has 0 saturated carbocycles. The molecule has 6 aliphatic rings. The molecule has 18 nitrogen and oxygen atoms in total. The molecule has 0 bridgehead atoms. The molecule has 6 aliphatic carbocycles. The second-order valence-corrected chi connectivity index (χ2v) is 33.8. The van der Waals surface area contributed by atoms with Crippen LogP contribution in [0.3, 0.4) is 0 Å². The third-order valence-corrected chi connectivity index (χ3v) is 21.5. The number of aromatic nitrogens is 6. The molecule has 120 heavy (non-hydrogen) atoms. The van der Waals surface area contributed by atoms with E-state index >= 15 is 0 Å². The molecule has 6 aromatic heterocycles. The van der Waals surface area contributed by atoms with Gasteiger partial charge in [0.05, 0.1) is 37.5 Å². The maximum atomic E-state index is 11.5. The Morgan fingerprint density at radius 1 is 0.458 bits per heavy atom. The van der Waals surface area contributed by atoms with Gasteiger partial charge in [-0.3, -0.25) is 58.2 Å². The van der Waals surface area contributed by atoms with E-state index in [-0.39, 0.29) is 32.6 Å². The van der Waals surface area contributed by atoms with Crippen molar-refractivity contribution in [3.8, 4) is 24.3 Å². The van der Waals surface area contributed by atoms with Crippen molar-refractivity contribution in [1.82, 2.24) is 29.9 Å². The fraction of sp³-hybridized carbons (Fsp3) is 0.313. The fourth-order valence-electron chi connectivity index (χ4n) is 12.1. The van der Waals surface area contributed by atoms with Crippen molar-refractivity contribution >= 4 is 82.7 Å². The van der Waals surface area contributed by atoms with Crippen LogP contribution in [0.1, 0.15) is 193 Å². The molecule has 0 amide bonds. The largest absolute Gasteiger partial charge is 0.329 e. The van der Waals surface area contributed by atoms with E-state index in [1.807, 2.05) is 136 Å². The molecule has 0 saturated heterocycles. The molecule has 6 aromatic rings. The van der Waals surface area contributed by atoms with Crippen LogP contribution in [0.4, 0.5) is 0 Å². The summed E-state index contributed by atoms with van der Waals surface area (Å²) in [6, 6.07) is 31.7. The number of halogens is 1. The van der Waals surface area contributed by atoms with Gasteiger partial charge >= 0.3 is 0 Å². The number of nitriles is 4. The van der Waals surface area contributed by atoms with Gasteiger partial charge < -0.3 is 9.05 Å². The fourth-order valence-corrected chi connectivity index (χ4v) is 14.9. The highest BCUT2D eigenvalue weighted by Crippen LogP contribution is 2.44. The summed E-state index contributed by atoms with van der Waals surface area (Å²) in [5, 5.41) is 33.6. The second-order valence-electron chi connectivity index (χ2n) is 27.7. The number of aldehydes is 2. The number of allylic oxidation sites excluding steroid dienone is 30. The van der Waals surface area contributed by atoms with Crippen LogP contribution in [0.5, 0.6) is 0 Å². The van der Waals surface area contributed by atoms with E-state index in [1.165, 1.54) is 75.7 Å². The molecule has 0 aromatic carbocycles. The van der Waals surface area contributed by atoms with Gasteiger partial charge in [0.25, 0.3) is 0 Å². The number of carbonyl (C=O) groups excluding carboxylic acids is 4. The van der Waals surface area contributed by atoms with E-state index in [0.29, 0.717) is 25.8 Å². The molecule has 0 radical (unpaired) electrons. The van der Waals surface area contributed by atoms with E-state index in [2.05, 4.69) is 113 Å². The summed E-state index contributed by atoms with van der Waals surface area (Å²) in [6.45, 7) is 13.1. The Hall–Kier alpha value is -11.5. The average molecular weight is 1720 g/mol. The van der Waals surface area contributed by atoms with E-state index in [9.17, 15) is 28.3 Å². The van der Waals surface area contributed by atoms with Crippen LogP contribution >= 0.6 is 30.7 Å². The van der Waals surface area contributed by atoms with Crippen LogP contribution in [0.2, 0.25) is 0 Å². The number of rotatable bonds is 18. The number of nitrogens with zero attached hydrogens (tertiary/aromatic N) is 10. The molecule has 0 N–H and O–H groups in total. The van der Waals surface area contributed by atoms with Crippen LogP contribution < -0.4 is 0 Å². The van der Waals surface area contributed by atoms with E-state index in [0.717, 1.165) is 158 Å². The molecule has 0 fully saturated rings. The first-order valence-corrected chi connectivity index (χ1v) is 44.8. The first kappa shape index (κ1) is 105. The molecule has 0 aliphatic heterocycles. The van der Waals surface area contributed by atoms with Gasteiger partial charge in [0.2, 0.25) is 14.7 Å². The molecule has 6 heterocycles. The minimum atomic E-state index is -2.55. The third-order valence-electron chi connectivity index (χ3n) is 17.7. The van der Waals surface area contributed by atoms with Crippen molar-refractivity contribution in [2.24, 2.45) is 0 Å². The summed E-state index contributed by atoms with van der Waals surface area (Å²) in [7, 11) is -5.05. The summed E-state index contributed by atoms with van der Waals surface area (Å²) in [5.41, 5.74) is 19.9. The van der Waals surface area contributed by atoms with Crippen molar-refractivity contribution in [3.63, 3.8) is 0 Å². The van der Waals surface area contributed by atoms with Gasteiger partial charge in [0.15, 0.2) is 11.6 Å². The highest BCUT2D eigenvalue weighted by atomic mass is 79.9. The van der Waals surface area contributed by atoms with Gasteiger partial charge in [-0.1, -0.05) is 118 Å². The Morgan fingerprint density at radius 2 is 0.842 bits per heavy atom. The lowest BCUT2D eigenvalue weighted by molar-refractivity contribution is -0.115. The predicted molar refractivity (Wildman–Crippen MR) is 495 cm³/mol. The molecule has 628 valence electrons. The molecular weight excluding hydrogens is 1600 g/mol. The Kier molecular flexibility index (Phi) is 55.4. The van der Waals surface area contributed by atoms with Crippen LogP contribution in [0.25, 0.3) is 27.9 Å². The number of carbonyl (C=O) groups is 4. The lowest BCUT2D eigenvalue weighted by Gasteiger charge is -2.14. The van der Waals surface area contributed by atoms with Crippen molar-refractivity contribution < 1.29 is 37.4 Å². The number of hydrogen-bond donors (Lipinski definition) is 0. The number of hydrogen-bond acceptors (Lipinski definition) is 18. The Bertz CT molecular complexity index is 4920. The van der Waals surface area contributed by atoms with Crippen molar-refractivity contribution in [1.29, 1.82) is 21.0 Å². The summed E-state index contributed by atoms with van der Waals surface area (Å²) in [4.78, 5) is 66.7. The Balaban J connectivity index is 0.000000465. The molecule has 12 rings (SSSR count). The van der Waals surface area contributed by atoms with Gasteiger partial charge in [0.1, 0.15) is 18.7 Å². The lowest BCUT2D eigenvalue weighted by Crippen LogP contribution is -2.01. The topological polar surface area (TPSA) is 293 Å². The third kappa shape index (κ3) is 47.2. The van der Waals surface area contributed by atoms with E-state index in [4.69, 9.17) is 30.1 Å².